The number of carbonyl (C=O) groups excluding carboxylic acids is 1. The van der Waals surface area contributed by atoms with Gasteiger partial charge in [-0.3, -0.25) is 10.1 Å². The van der Waals surface area contributed by atoms with Crippen LogP contribution >= 0.6 is 11.6 Å². The average molecular weight is 398 g/mol. The highest BCUT2D eigenvalue weighted by Gasteiger charge is 2.30. The molecule has 140 valence electrons. The van der Waals surface area contributed by atoms with E-state index in [1.165, 1.54) is 12.1 Å². The SMILES string of the molecule is O=C(COc1ccc(Cl)cc1)Nc1nnc(-c2ccc(C(F)(F)F)cc2)o1. The molecule has 0 saturated heterocycles. The molecule has 0 aliphatic heterocycles. The van der Waals surface area contributed by atoms with Crippen LogP contribution in [-0.4, -0.2) is 22.7 Å². The summed E-state index contributed by atoms with van der Waals surface area (Å²) in [5, 5.41) is 10.2. The van der Waals surface area contributed by atoms with Crippen molar-refractivity contribution < 1.29 is 27.1 Å². The van der Waals surface area contributed by atoms with Crippen LogP contribution in [0.25, 0.3) is 11.5 Å². The molecular formula is C17H11ClF3N3O3. The van der Waals surface area contributed by atoms with E-state index in [9.17, 15) is 18.0 Å². The summed E-state index contributed by atoms with van der Waals surface area (Å²) in [6.45, 7) is -0.306. The van der Waals surface area contributed by atoms with Gasteiger partial charge in [0, 0.05) is 10.6 Å². The third-order valence-corrected chi connectivity index (χ3v) is 3.57. The predicted molar refractivity (Wildman–Crippen MR) is 90.3 cm³/mol. The minimum Gasteiger partial charge on any atom is -0.484 e. The summed E-state index contributed by atoms with van der Waals surface area (Å²) in [6.07, 6.45) is -4.43. The summed E-state index contributed by atoms with van der Waals surface area (Å²) >= 11 is 5.75. The number of halogens is 4. The van der Waals surface area contributed by atoms with E-state index < -0.39 is 17.6 Å². The lowest BCUT2D eigenvalue weighted by atomic mass is 10.1. The predicted octanol–water partition coefficient (Wildman–Crippen LogP) is 4.43. The Morgan fingerprint density at radius 2 is 1.74 bits per heavy atom. The molecule has 1 amide bonds. The van der Waals surface area contributed by atoms with Crippen LogP contribution in [-0.2, 0) is 11.0 Å². The maximum Gasteiger partial charge on any atom is 0.416 e. The van der Waals surface area contributed by atoms with Gasteiger partial charge in [-0.2, -0.15) is 13.2 Å². The molecule has 0 unspecified atom stereocenters. The fraction of sp³-hybridized carbons (Fsp3) is 0.118. The summed E-state index contributed by atoms with van der Waals surface area (Å²) in [7, 11) is 0. The normalized spacial score (nSPS) is 11.3. The summed E-state index contributed by atoms with van der Waals surface area (Å²) in [5.74, 6) is -0.129. The molecule has 2 aromatic carbocycles. The number of benzene rings is 2. The molecule has 0 bridgehead atoms. The zero-order valence-corrected chi connectivity index (χ0v) is 14.2. The Hall–Kier alpha value is -3.07. The lowest BCUT2D eigenvalue weighted by molar-refractivity contribution is -0.137. The fourth-order valence-corrected chi connectivity index (χ4v) is 2.15. The molecule has 0 aliphatic rings. The van der Waals surface area contributed by atoms with E-state index in [2.05, 4.69) is 15.5 Å². The number of nitrogens with zero attached hydrogens (tertiary/aromatic N) is 2. The Balaban J connectivity index is 1.58. The van der Waals surface area contributed by atoms with Gasteiger partial charge in [0.2, 0.25) is 5.89 Å². The van der Waals surface area contributed by atoms with E-state index in [-0.39, 0.29) is 24.1 Å². The highest BCUT2D eigenvalue weighted by atomic mass is 35.5. The van der Waals surface area contributed by atoms with Crippen LogP contribution in [0.4, 0.5) is 19.2 Å². The van der Waals surface area contributed by atoms with Crippen molar-refractivity contribution in [2.24, 2.45) is 0 Å². The van der Waals surface area contributed by atoms with Gasteiger partial charge in [0.1, 0.15) is 5.75 Å². The van der Waals surface area contributed by atoms with Crippen molar-refractivity contribution >= 4 is 23.5 Å². The number of amides is 1. The molecule has 10 heteroatoms. The highest BCUT2D eigenvalue weighted by Crippen LogP contribution is 2.30. The van der Waals surface area contributed by atoms with Gasteiger partial charge in [-0.1, -0.05) is 16.7 Å². The first-order valence-electron chi connectivity index (χ1n) is 7.50. The van der Waals surface area contributed by atoms with Crippen molar-refractivity contribution in [3.05, 3.63) is 59.1 Å². The van der Waals surface area contributed by atoms with Crippen LogP contribution < -0.4 is 10.1 Å². The molecule has 3 aromatic rings. The van der Waals surface area contributed by atoms with E-state index in [1.54, 1.807) is 24.3 Å². The standard InChI is InChI=1S/C17H11ClF3N3O3/c18-12-5-7-13(8-6-12)26-9-14(25)22-16-24-23-15(27-16)10-1-3-11(4-2-10)17(19,20)21/h1-8H,9H2,(H,22,24,25). The van der Waals surface area contributed by atoms with Crippen molar-refractivity contribution in [3.63, 3.8) is 0 Å². The number of nitrogens with one attached hydrogen (secondary N) is 1. The number of hydrogen-bond acceptors (Lipinski definition) is 5. The van der Waals surface area contributed by atoms with Crippen molar-refractivity contribution in [3.8, 4) is 17.2 Å². The summed E-state index contributed by atoms with van der Waals surface area (Å²) < 4.78 is 48.2. The zero-order chi connectivity index (χ0) is 19.4. The van der Waals surface area contributed by atoms with E-state index in [1.807, 2.05) is 0 Å². The zero-order valence-electron chi connectivity index (χ0n) is 13.5. The highest BCUT2D eigenvalue weighted by molar-refractivity contribution is 6.30. The molecule has 0 aliphatic carbocycles. The molecule has 0 spiro atoms. The van der Waals surface area contributed by atoms with Gasteiger partial charge in [0.25, 0.3) is 5.91 Å². The second-order valence-corrected chi connectivity index (χ2v) is 5.71. The first-order valence-corrected chi connectivity index (χ1v) is 7.88. The molecule has 1 N–H and O–H groups in total. The first-order chi connectivity index (χ1) is 12.8. The number of carbonyl (C=O) groups is 1. The van der Waals surface area contributed by atoms with Crippen LogP contribution in [0, 0.1) is 0 Å². The maximum atomic E-state index is 12.6. The quantitative estimate of drug-likeness (QED) is 0.689. The molecule has 0 fully saturated rings. The molecular weight excluding hydrogens is 387 g/mol. The Labute approximate surface area is 155 Å². The molecule has 1 aromatic heterocycles. The second kappa shape index (κ2) is 7.67. The number of anilines is 1. The Morgan fingerprint density at radius 3 is 2.37 bits per heavy atom. The van der Waals surface area contributed by atoms with E-state index in [0.717, 1.165) is 12.1 Å². The molecule has 0 radical (unpaired) electrons. The average Bonchev–Trinajstić information content (AvgIpc) is 3.09. The van der Waals surface area contributed by atoms with Gasteiger partial charge < -0.3 is 9.15 Å². The minimum atomic E-state index is -4.43. The summed E-state index contributed by atoms with van der Waals surface area (Å²) in [5.41, 5.74) is -0.507. The lowest BCUT2D eigenvalue weighted by Crippen LogP contribution is -2.20. The Kier molecular flexibility index (Phi) is 5.31. The van der Waals surface area contributed by atoms with Crippen molar-refractivity contribution in [2.75, 3.05) is 11.9 Å². The van der Waals surface area contributed by atoms with E-state index >= 15 is 0 Å². The molecule has 1 heterocycles. The van der Waals surface area contributed by atoms with Crippen LogP contribution in [0.5, 0.6) is 5.75 Å². The summed E-state index contributed by atoms with van der Waals surface area (Å²) in [4.78, 5) is 11.8. The minimum absolute atomic E-state index is 0.0300. The van der Waals surface area contributed by atoms with Crippen molar-refractivity contribution in [1.82, 2.24) is 10.2 Å². The lowest BCUT2D eigenvalue weighted by Gasteiger charge is -2.06. The molecule has 0 saturated carbocycles. The van der Waals surface area contributed by atoms with Crippen LogP contribution in [0.2, 0.25) is 5.02 Å². The molecule has 3 rings (SSSR count). The monoisotopic (exact) mass is 397 g/mol. The number of aromatic nitrogens is 2. The largest absolute Gasteiger partial charge is 0.484 e. The molecule has 6 nitrogen and oxygen atoms in total. The third-order valence-electron chi connectivity index (χ3n) is 3.31. The Bertz CT molecular complexity index is 925. The Morgan fingerprint density at radius 1 is 1.07 bits per heavy atom. The number of ether oxygens (including phenoxy) is 1. The number of hydrogen-bond donors (Lipinski definition) is 1. The van der Waals surface area contributed by atoms with Crippen LogP contribution in [0.15, 0.2) is 52.9 Å². The van der Waals surface area contributed by atoms with Crippen LogP contribution in [0.1, 0.15) is 5.56 Å². The summed E-state index contributed by atoms with van der Waals surface area (Å²) in [6, 6.07) is 10.4. The fourth-order valence-electron chi connectivity index (χ4n) is 2.03. The van der Waals surface area contributed by atoms with Gasteiger partial charge in [-0.25, -0.2) is 0 Å². The van der Waals surface area contributed by atoms with E-state index in [4.69, 9.17) is 20.8 Å². The van der Waals surface area contributed by atoms with Crippen molar-refractivity contribution in [2.45, 2.75) is 6.18 Å². The number of alkyl halides is 3. The van der Waals surface area contributed by atoms with Gasteiger partial charge >= 0.3 is 12.2 Å². The topological polar surface area (TPSA) is 77.2 Å². The van der Waals surface area contributed by atoms with Gasteiger partial charge in [0.15, 0.2) is 6.61 Å². The molecule has 0 atom stereocenters. The smallest absolute Gasteiger partial charge is 0.416 e. The van der Waals surface area contributed by atoms with Gasteiger partial charge in [0.05, 0.1) is 5.56 Å². The van der Waals surface area contributed by atoms with Gasteiger partial charge in [-0.15, -0.1) is 5.10 Å². The number of rotatable bonds is 5. The second-order valence-electron chi connectivity index (χ2n) is 5.28. The van der Waals surface area contributed by atoms with Crippen molar-refractivity contribution in [1.29, 1.82) is 0 Å². The third kappa shape index (κ3) is 4.98. The van der Waals surface area contributed by atoms with Crippen LogP contribution in [0.3, 0.4) is 0 Å². The van der Waals surface area contributed by atoms with Gasteiger partial charge in [-0.05, 0) is 48.5 Å². The first kappa shape index (κ1) is 18.7. The maximum absolute atomic E-state index is 12.6. The molecule has 27 heavy (non-hydrogen) atoms. The van der Waals surface area contributed by atoms with E-state index in [0.29, 0.717) is 10.8 Å².